The number of rotatable bonds is 4. The second-order valence-corrected chi connectivity index (χ2v) is 5.17. The minimum absolute atomic E-state index is 0.270. The normalized spacial score (nSPS) is 12.5. The monoisotopic (exact) mass is 281 g/mol. The highest BCUT2D eigenvalue weighted by atomic mass is 16.5. The van der Waals surface area contributed by atoms with Crippen molar-refractivity contribution in [2.45, 2.75) is 19.9 Å². The number of aryl methyl sites for hydroxylation is 1. The highest BCUT2D eigenvalue weighted by molar-refractivity contribution is 5.78. The molecule has 0 saturated heterocycles. The van der Waals surface area contributed by atoms with Crippen LogP contribution >= 0.6 is 0 Å². The van der Waals surface area contributed by atoms with E-state index in [-0.39, 0.29) is 6.04 Å². The van der Waals surface area contributed by atoms with Gasteiger partial charge in [-0.05, 0) is 49.7 Å². The Kier molecular flexibility index (Phi) is 3.67. The highest BCUT2D eigenvalue weighted by Gasteiger charge is 2.14. The molecule has 0 bridgehead atoms. The molecule has 0 aliphatic rings. The summed E-state index contributed by atoms with van der Waals surface area (Å²) >= 11 is 0. The van der Waals surface area contributed by atoms with Gasteiger partial charge in [-0.3, -0.25) is 0 Å². The number of hydrogen-bond donors (Lipinski definition) is 1. The predicted molar refractivity (Wildman–Crippen MR) is 84.6 cm³/mol. The summed E-state index contributed by atoms with van der Waals surface area (Å²) in [6.07, 6.45) is 0. The van der Waals surface area contributed by atoms with Crippen molar-refractivity contribution < 1.29 is 9.15 Å². The van der Waals surface area contributed by atoms with Gasteiger partial charge in [0.05, 0.1) is 12.6 Å². The van der Waals surface area contributed by atoms with E-state index in [1.165, 1.54) is 5.56 Å². The third-order valence-electron chi connectivity index (χ3n) is 3.55. The lowest BCUT2D eigenvalue weighted by Gasteiger charge is -2.10. The van der Waals surface area contributed by atoms with Crippen LogP contribution in [0.3, 0.4) is 0 Å². The van der Waals surface area contributed by atoms with Crippen molar-refractivity contribution in [2.75, 3.05) is 6.61 Å². The van der Waals surface area contributed by atoms with Crippen molar-refractivity contribution in [3.63, 3.8) is 0 Å². The van der Waals surface area contributed by atoms with Crippen LogP contribution in [0.1, 0.15) is 29.9 Å². The van der Waals surface area contributed by atoms with E-state index in [9.17, 15) is 0 Å². The maximum atomic E-state index is 6.31. The van der Waals surface area contributed by atoms with Gasteiger partial charge in [0.25, 0.3) is 0 Å². The average Bonchev–Trinajstić information content (AvgIpc) is 2.90. The molecule has 3 aromatic rings. The van der Waals surface area contributed by atoms with Crippen LogP contribution in [0, 0.1) is 6.92 Å². The van der Waals surface area contributed by atoms with Crippen LogP contribution < -0.4 is 10.5 Å². The van der Waals surface area contributed by atoms with Crippen LogP contribution in [0.15, 0.2) is 52.9 Å². The summed E-state index contributed by atoms with van der Waals surface area (Å²) in [7, 11) is 0. The zero-order valence-corrected chi connectivity index (χ0v) is 12.3. The first-order valence-corrected chi connectivity index (χ1v) is 7.16. The third kappa shape index (κ3) is 2.78. The van der Waals surface area contributed by atoms with E-state index < -0.39 is 0 Å². The number of benzene rings is 2. The van der Waals surface area contributed by atoms with Crippen LogP contribution in [-0.4, -0.2) is 6.61 Å². The minimum atomic E-state index is -0.270. The Balaban J connectivity index is 1.90. The summed E-state index contributed by atoms with van der Waals surface area (Å²) in [5.41, 5.74) is 9.40. The Labute approximate surface area is 124 Å². The molecule has 0 fully saturated rings. The van der Waals surface area contributed by atoms with E-state index in [2.05, 4.69) is 13.0 Å². The summed E-state index contributed by atoms with van der Waals surface area (Å²) in [4.78, 5) is 0. The zero-order valence-electron chi connectivity index (χ0n) is 12.3. The molecule has 1 unspecified atom stereocenters. The van der Waals surface area contributed by atoms with Gasteiger partial charge in [0, 0.05) is 5.39 Å². The van der Waals surface area contributed by atoms with E-state index in [4.69, 9.17) is 14.9 Å². The fourth-order valence-corrected chi connectivity index (χ4v) is 2.44. The van der Waals surface area contributed by atoms with E-state index in [0.29, 0.717) is 6.61 Å². The number of nitrogens with two attached hydrogens (primary N) is 1. The molecular weight excluding hydrogens is 262 g/mol. The SMILES string of the molecule is CCOc1ccc(C(N)c2cc3cc(C)ccc3o2)cc1. The maximum absolute atomic E-state index is 6.31. The molecule has 2 aromatic carbocycles. The van der Waals surface area contributed by atoms with Gasteiger partial charge in [0.15, 0.2) is 0 Å². The molecule has 1 heterocycles. The first-order valence-electron chi connectivity index (χ1n) is 7.16. The Bertz CT molecular complexity index is 744. The molecule has 1 atom stereocenters. The molecule has 0 aliphatic heterocycles. The van der Waals surface area contributed by atoms with Crippen molar-refractivity contribution >= 4 is 11.0 Å². The smallest absolute Gasteiger partial charge is 0.134 e. The molecule has 0 amide bonds. The Morgan fingerprint density at radius 3 is 2.57 bits per heavy atom. The van der Waals surface area contributed by atoms with Gasteiger partial charge in [-0.2, -0.15) is 0 Å². The van der Waals surface area contributed by atoms with Gasteiger partial charge in [0.1, 0.15) is 17.1 Å². The largest absolute Gasteiger partial charge is 0.494 e. The molecule has 3 rings (SSSR count). The number of hydrogen-bond acceptors (Lipinski definition) is 3. The second-order valence-electron chi connectivity index (χ2n) is 5.17. The van der Waals surface area contributed by atoms with Crippen molar-refractivity contribution in [2.24, 2.45) is 5.73 Å². The van der Waals surface area contributed by atoms with Crippen molar-refractivity contribution in [3.05, 3.63) is 65.4 Å². The summed E-state index contributed by atoms with van der Waals surface area (Å²) in [5, 5.41) is 1.09. The molecule has 0 saturated carbocycles. The molecule has 0 spiro atoms. The van der Waals surface area contributed by atoms with E-state index in [1.54, 1.807) is 0 Å². The van der Waals surface area contributed by atoms with Gasteiger partial charge in [-0.25, -0.2) is 0 Å². The summed E-state index contributed by atoms with van der Waals surface area (Å²) in [5.74, 6) is 1.63. The van der Waals surface area contributed by atoms with Gasteiger partial charge >= 0.3 is 0 Å². The maximum Gasteiger partial charge on any atom is 0.134 e. The lowest BCUT2D eigenvalue weighted by atomic mass is 10.0. The molecule has 3 heteroatoms. The Morgan fingerprint density at radius 2 is 1.86 bits per heavy atom. The van der Waals surface area contributed by atoms with E-state index in [0.717, 1.165) is 28.0 Å². The van der Waals surface area contributed by atoms with Gasteiger partial charge in [-0.1, -0.05) is 23.8 Å². The Hall–Kier alpha value is -2.26. The first kappa shape index (κ1) is 13.7. The predicted octanol–water partition coefficient (Wildman–Crippen LogP) is 4.19. The molecule has 1 aromatic heterocycles. The molecule has 0 aliphatic carbocycles. The van der Waals surface area contributed by atoms with Crippen molar-refractivity contribution in [3.8, 4) is 5.75 Å². The topological polar surface area (TPSA) is 48.4 Å². The molecule has 0 radical (unpaired) electrons. The minimum Gasteiger partial charge on any atom is -0.494 e. The van der Waals surface area contributed by atoms with Crippen molar-refractivity contribution in [1.29, 1.82) is 0 Å². The summed E-state index contributed by atoms with van der Waals surface area (Å²) in [6, 6.07) is 15.7. The first-order chi connectivity index (χ1) is 10.2. The quantitative estimate of drug-likeness (QED) is 0.780. The third-order valence-corrected chi connectivity index (χ3v) is 3.55. The lowest BCUT2D eigenvalue weighted by molar-refractivity contribution is 0.340. The van der Waals surface area contributed by atoms with Crippen molar-refractivity contribution in [1.82, 2.24) is 0 Å². The van der Waals surface area contributed by atoms with E-state index in [1.807, 2.05) is 49.4 Å². The number of fused-ring (bicyclic) bond motifs is 1. The van der Waals surface area contributed by atoms with Crippen LogP contribution in [0.25, 0.3) is 11.0 Å². The molecule has 2 N–H and O–H groups in total. The molecular formula is C18H19NO2. The van der Waals surface area contributed by atoms with Gasteiger partial charge in [0.2, 0.25) is 0 Å². The number of ether oxygens (including phenoxy) is 1. The zero-order chi connectivity index (χ0) is 14.8. The molecule has 108 valence electrons. The second kappa shape index (κ2) is 5.62. The highest BCUT2D eigenvalue weighted by Crippen LogP contribution is 2.28. The molecule has 21 heavy (non-hydrogen) atoms. The van der Waals surface area contributed by atoms with Crippen LogP contribution in [-0.2, 0) is 0 Å². The van der Waals surface area contributed by atoms with Crippen LogP contribution in [0.4, 0.5) is 0 Å². The standard InChI is InChI=1S/C18H19NO2/c1-3-20-15-7-5-13(6-8-15)18(19)17-11-14-10-12(2)4-9-16(14)21-17/h4-11,18H,3,19H2,1-2H3. The van der Waals surface area contributed by atoms with Crippen LogP contribution in [0.2, 0.25) is 0 Å². The Morgan fingerprint density at radius 1 is 1.10 bits per heavy atom. The fourth-order valence-electron chi connectivity index (χ4n) is 2.44. The molecule has 3 nitrogen and oxygen atoms in total. The lowest BCUT2D eigenvalue weighted by Crippen LogP contribution is -2.10. The summed E-state index contributed by atoms with van der Waals surface area (Å²) < 4.78 is 11.3. The van der Waals surface area contributed by atoms with Crippen LogP contribution in [0.5, 0.6) is 5.75 Å². The number of furan rings is 1. The van der Waals surface area contributed by atoms with Gasteiger partial charge in [-0.15, -0.1) is 0 Å². The van der Waals surface area contributed by atoms with Gasteiger partial charge < -0.3 is 14.9 Å². The average molecular weight is 281 g/mol. The fraction of sp³-hybridized carbons (Fsp3) is 0.222. The van der Waals surface area contributed by atoms with E-state index >= 15 is 0 Å². The summed E-state index contributed by atoms with van der Waals surface area (Å²) in [6.45, 7) is 4.70.